The monoisotopic (exact) mass is 479 g/mol. The zero-order valence-electron chi connectivity index (χ0n) is 19.7. The minimum Gasteiger partial charge on any atom is -0.351 e. The van der Waals surface area contributed by atoms with Crippen LogP contribution in [0.5, 0.6) is 0 Å². The van der Waals surface area contributed by atoms with Crippen LogP contribution in [-0.2, 0) is 27.9 Å². The SMILES string of the molecule is CCCNC(=O)c1nn(CC)cc1NC(=O)C1CCCN(S(=O)(=O)c2cn(CC)nc2C)C1. The van der Waals surface area contributed by atoms with Crippen molar-refractivity contribution < 1.29 is 18.0 Å². The predicted octanol–water partition coefficient (Wildman–Crippen LogP) is 1.61. The third-order valence-corrected chi connectivity index (χ3v) is 7.66. The van der Waals surface area contributed by atoms with Crippen molar-refractivity contribution in [1.82, 2.24) is 29.2 Å². The molecule has 33 heavy (non-hydrogen) atoms. The van der Waals surface area contributed by atoms with E-state index in [2.05, 4.69) is 20.8 Å². The van der Waals surface area contributed by atoms with Gasteiger partial charge in [-0.15, -0.1) is 0 Å². The summed E-state index contributed by atoms with van der Waals surface area (Å²) in [6.07, 6.45) is 5.07. The first-order valence-electron chi connectivity index (χ1n) is 11.4. The van der Waals surface area contributed by atoms with Crippen molar-refractivity contribution in [3.63, 3.8) is 0 Å². The third kappa shape index (κ3) is 5.44. The first-order valence-corrected chi connectivity index (χ1v) is 12.9. The van der Waals surface area contributed by atoms with Gasteiger partial charge in [0, 0.05) is 45.1 Å². The van der Waals surface area contributed by atoms with Crippen LogP contribution < -0.4 is 10.6 Å². The maximum absolute atomic E-state index is 13.2. The molecule has 0 saturated carbocycles. The van der Waals surface area contributed by atoms with E-state index in [1.165, 1.54) is 10.5 Å². The Morgan fingerprint density at radius 1 is 1.12 bits per heavy atom. The summed E-state index contributed by atoms with van der Waals surface area (Å²) in [5.41, 5.74) is 0.926. The second-order valence-corrected chi connectivity index (χ2v) is 10.0. The minimum atomic E-state index is -3.76. The Morgan fingerprint density at radius 3 is 2.45 bits per heavy atom. The molecule has 2 N–H and O–H groups in total. The maximum Gasteiger partial charge on any atom is 0.273 e. The number of hydrogen-bond acceptors (Lipinski definition) is 6. The average Bonchev–Trinajstić information content (AvgIpc) is 3.40. The number of aromatic nitrogens is 4. The van der Waals surface area contributed by atoms with Crippen LogP contribution in [0, 0.1) is 12.8 Å². The van der Waals surface area contributed by atoms with E-state index in [4.69, 9.17) is 0 Å². The lowest BCUT2D eigenvalue weighted by atomic mass is 9.99. The first-order chi connectivity index (χ1) is 15.7. The Morgan fingerprint density at radius 2 is 1.82 bits per heavy atom. The molecular formula is C21H33N7O4S. The number of carbonyl (C=O) groups is 2. The number of aryl methyl sites for hydroxylation is 3. The molecule has 1 aliphatic heterocycles. The number of nitrogens with zero attached hydrogens (tertiary/aromatic N) is 5. The quantitative estimate of drug-likeness (QED) is 0.562. The molecule has 1 unspecified atom stereocenters. The standard InChI is InChI=1S/C21H33N7O4S/c1-5-10-22-21(30)19-17(13-26(6-2)25-19)23-20(29)16-9-8-11-28(12-16)33(31,32)18-14-27(7-3)24-15(18)4/h13-14,16H,5-12H2,1-4H3,(H,22,30)(H,23,29). The predicted molar refractivity (Wildman–Crippen MR) is 123 cm³/mol. The molecule has 0 spiro atoms. The van der Waals surface area contributed by atoms with E-state index in [0.29, 0.717) is 50.4 Å². The van der Waals surface area contributed by atoms with Crippen LogP contribution in [0.1, 0.15) is 56.2 Å². The number of anilines is 1. The van der Waals surface area contributed by atoms with E-state index in [1.54, 1.807) is 22.5 Å². The molecule has 1 fully saturated rings. The average molecular weight is 480 g/mol. The van der Waals surface area contributed by atoms with E-state index in [9.17, 15) is 18.0 Å². The molecule has 0 bridgehead atoms. The van der Waals surface area contributed by atoms with Gasteiger partial charge in [-0.1, -0.05) is 6.92 Å². The summed E-state index contributed by atoms with van der Waals surface area (Å²) in [4.78, 5) is 25.7. The second kappa shape index (κ2) is 10.5. The fourth-order valence-electron chi connectivity index (χ4n) is 3.83. The molecule has 3 heterocycles. The summed E-state index contributed by atoms with van der Waals surface area (Å²) in [5.74, 6) is -1.21. The van der Waals surface area contributed by atoms with Gasteiger partial charge in [0.2, 0.25) is 15.9 Å². The molecule has 2 aromatic heterocycles. The van der Waals surface area contributed by atoms with Gasteiger partial charge in [-0.3, -0.25) is 19.0 Å². The summed E-state index contributed by atoms with van der Waals surface area (Å²) in [5, 5.41) is 14.1. The lowest BCUT2D eigenvalue weighted by Gasteiger charge is -2.31. The molecule has 11 nitrogen and oxygen atoms in total. The zero-order valence-corrected chi connectivity index (χ0v) is 20.5. The van der Waals surface area contributed by atoms with Crippen molar-refractivity contribution in [1.29, 1.82) is 0 Å². The molecule has 0 aromatic carbocycles. The smallest absolute Gasteiger partial charge is 0.273 e. The molecule has 1 atom stereocenters. The summed E-state index contributed by atoms with van der Waals surface area (Å²) in [6.45, 7) is 9.45. The fraction of sp³-hybridized carbons (Fsp3) is 0.619. The van der Waals surface area contributed by atoms with Gasteiger partial charge in [-0.25, -0.2) is 8.42 Å². The number of rotatable bonds is 9. The highest BCUT2D eigenvalue weighted by Gasteiger charge is 2.35. The molecule has 2 amide bonds. The number of carbonyl (C=O) groups excluding carboxylic acids is 2. The van der Waals surface area contributed by atoms with Gasteiger partial charge in [0.05, 0.1) is 17.3 Å². The highest BCUT2D eigenvalue weighted by molar-refractivity contribution is 7.89. The van der Waals surface area contributed by atoms with E-state index in [-0.39, 0.29) is 28.9 Å². The Balaban J connectivity index is 1.76. The summed E-state index contributed by atoms with van der Waals surface area (Å²) in [6, 6.07) is 0. The van der Waals surface area contributed by atoms with Crippen molar-refractivity contribution >= 4 is 27.5 Å². The molecule has 12 heteroatoms. The van der Waals surface area contributed by atoms with Gasteiger partial charge in [-0.2, -0.15) is 14.5 Å². The van der Waals surface area contributed by atoms with E-state index in [1.807, 2.05) is 20.8 Å². The van der Waals surface area contributed by atoms with E-state index >= 15 is 0 Å². The number of amides is 2. The number of nitrogens with one attached hydrogen (secondary N) is 2. The van der Waals surface area contributed by atoms with Gasteiger partial charge < -0.3 is 10.6 Å². The molecule has 0 aliphatic carbocycles. The topological polar surface area (TPSA) is 131 Å². The first kappa shape index (κ1) is 24.9. The van der Waals surface area contributed by atoms with Crippen LogP contribution in [-0.4, -0.2) is 63.7 Å². The molecule has 1 saturated heterocycles. The van der Waals surface area contributed by atoms with Gasteiger partial charge in [0.1, 0.15) is 4.90 Å². The summed E-state index contributed by atoms with van der Waals surface area (Å²) in [7, 11) is -3.76. The molecule has 1 aliphatic rings. The molecule has 182 valence electrons. The Bertz CT molecular complexity index is 1110. The van der Waals surface area contributed by atoms with Gasteiger partial charge >= 0.3 is 0 Å². The maximum atomic E-state index is 13.2. The van der Waals surface area contributed by atoms with Crippen LogP contribution in [0.4, 0.5) is 5.69 Å². The summed E-state index contributed by atoms with van der Waals surface area (Å²) < 4.78 is 31.0. The highest BCUT2D eigenvalue weighted by Crippen LogP contribution is 2.26. The van der Waals surface area contributed by atoms with Crippen LogP contribution in [0.3, 0.4) is 0 Å². The van der Waals surface area contributed by atoms with Crippen LogP contribution in [0.15, 0.2) is 17.3 Å². The third-order valence-electron chi connectivity index (χ3n) is 5.69. The highest BCUT2D eigenvalue weighted by atomic mass is 32.2. The van der Waals surface area contributed by atoms with Gasteiger partial charge in [-0.05, 0) is 40.0 Å². The van der Waals surface area contributed by atoms with Crippen molar-refractivity contribution in [3.8, 4) is 0 Å². The minimum absolute atomic E-state index is 0.0736. The summed E-state index contributed by atoms with van der Waals surface area (Å²) >= 11 is 0. The van der Waals surface area contributed by atoms with Crippen molar-refractivity contribution in [2.75, 3.05) is 25.0 Å². The normalized spacial score (nSPS) is 17.2. The van der Waals surface area contributed by atoms with Gasteiger partial charge in [0.25, 0.3) is 5.91 Å². The Kier molecular flexibility index (Phi) is 7.90. The lowest BCUT2D eigenvalue weighted by Crippen LogP contribution is -2.43. The molecule has 3 rings (SSSR count). The van der Waals surface area contributed by atoms with Crippen molar-refractivity contribution in [2.45, 2.75) is 64.9 Å². The molecule has 0 radical (unpaired) electrons. The van der Waals surface area contributed by atoms with E-state index < -0.39 is 15.9 Å². The van der Waals surface area contributed by atoms with Gasteiger partial charge in [0.15, 0.2) is 5.69 Å². The Labute approximate surface area is 194 Å². The molecule has 2 aromatic rings. The van der Waals surface area contributed by atoms with Crippen LogP contribution in [0.2, 0.25) is 0 Å². The van der Waals surface area contributed by atoms with Crippen LogP contribution >= 0.6 is 0 Å². The van der Waals surface area contributed by atoms with Crippen molar-refractivity contribution in [3.05, 3.63) is 23.8 Å². The largest absolute Gasteiger partial charge is 0.351 e. The lowest BCUT2D eigenvalue weighted by molar-refractivity contribution is -0.120. The number of sulfonamides is 1. The zero-order chi connectivity index (χ0) is 24.2. The second-order valence-electron chi connectivity index (χ2n) is 8.13. The van der Waals surface area contributed by atoms with E-state index in [0.717, 1.165) is 6.42 Å². The molecular weight excluding hydrogens is 446 g/mol. The van der Waals surface area contributed by atoms with Crippen molar-refractivity contribution in [2.24, 2.45) is 5.92 Å². The number of piperidine rings is 1. The van der Waals surface area contributed by atoms with Crippen LogP contribution in [0.25, 0.3) is 0 Å². The Hall–Kier alpha value is -2.73. The number of hydrogen-bond donors (Lipinski definition) is 2. The fourth-order valence-corrected chi connectivity index (χ4v) is 5.52.